The van der Waals surface area contributed by atoms with E-state index in [4.69, 9.17) is 4.74 Å². The summed E-state index contributed by atoms with van der Waals surface area (Å²) < 4.78 is 6.98. The number of benzene rings is 1. The van der Waals surface area contributed by atoms with E-state index in [-0.39, 0.29) is 5.72 Å². The van der Waals surface area contributed by atoms with Crippen LogP contribution in [0.4, 0.5) is 0 Å². The van der Waals surface area contributed by atoms with Crippen molar-refractivity contribution in [3.63, 3.8) is 0 Å². The van der Waals surface area contributed by atoms with E-state index in [2.05, 4.69) is 59.4 Å². The second-order valence-corrected chi connectivity index (χ2v) is 5.26. The molecule has 0 aliphatic carbocycles. The van der Waals surface area contributed by atoms with Crippen molar-refractivity contribution < 1.29 is 4.74 Å². The van der Waals surface area contributed by atoms with Crippen LogP contribution in [0.15, 0.2) is 28.7 Å². The fourth-order valence-corrected chi connectivity index (χ4v) is 2.25. The summed E-state index contributed by atoms with van der Waals surface area (Å²) in [6, 6.07) is 8.39. The van der Waals surface area contributed by atoms with Crippen LogP contribution in [0.2, 0.25) is 0 Å². The highest BCUT2D eigenvalue weighted by molar-refractivity contribution is 9.10. The van der Waals surface area contributed by atoms with Crippen molar-refractivity contribution in [3.05, 3.63) is 34.3 Å². The van der Waals surface area contributed by atoms with Crippen LogP contribution in [0.5, 0.6) is 0 Å². The molecule has 82 valence electrons. The Kier molecular flexibility index (Phi) is 3.14. The third kappa shape index (κ3) is 2.80. The van der Waals surface area contributed by atoms with Gasteiger partial charge in [0.2, 0.25) is 0 Å². The lowest BCUT2D eigenvalue weighted by atomic mass is 10.0. The second-order valence-electron chi connectivity index (χ2n) is 4.34. The van der Waals surface area contributed by atoms with Gasteiger partial charge in [-0.1, -0.05) is 28.1 Å². The van der Waals surface area contributed by atoms with Gasteiger partial charge in [-0.15, -0.1) is 0 Å². The molecule has 0 radical (unpaired) electrons. The van der Waals surface area contributed by atoms with Gasteiger partial charge in [0.15, 0.2) is 0 Å². The molecule has 0 bridgehead atoms. The first-order valence-corrected chi connectivity index (χ1v) is 6.04. The lowest BCUT2D eigenvalue weighted by Crippen LogP contribution is -2.39. The predicted octanol–water partition coefficient (Wildman–Crippen LogP) is 2.72. The quantitative estimate of drug-likeness (QED) is 0.892. The molecular weight excluding hydrogens is 254 g/mol. The van der Waals surface area contributed by atoms with Gasteiger partial charge in [-0.3, -0.25) is 5.32 Å². The molecule has 1 aliphatic heterocycles. The lowest BCUT2D eigenvalue weighted by Gasteiger charge is -2.24. The molecule has 1 aromatic carbocycles. The van der Waals surface area contributed by atoms with Gasteiger partial charge >= 0.3 is 0 Å². The minimum atomic E-state index is -0.201. The lowest BCUT2D eigenvalue weighted by molar-refractivity contribution is -0.0292. The van der Waals surface area contributed by atoms with Gasteiger partial charge in [-0.05, 0) is 31.5 Å². The summed E-state index contributed by atoms with van der Waals surface area (Å²) in [6.45, 7) is 5.14. The van der Waals surface area contributed by atoms with Crippen molar-refractivity contribution in [3.8, 4) is 0 Å². The van der Waals surface area contributed by atoms with E-state index < -0.39 is 0 Å². The highest BCUT2D eigenvalue weighted by Crippen LogP contribution is 2.22. The molecule has 1 aliphatic rings. The van der Waals surface area contributed by atoms with E-state index in [0.717, 1.165) is 17.4 Å². The summed E-state index contributed by atoms with van der Waals surface area (Å²) in [6.07, 6.45) is 1.22. The molecule has 2 atom stereocenters. The molecule has 1 fully saturated rings. The van der Waals surface area contributed by atoms with Crippen molar-refractivity contribution >= 4 is 15.9 Å². The average molecular weight is 270 g/mol. The van der Waals surface area contributed by atoms with E-state index in [9.17, 15) is 0 Å². The minimum absolute atomic E-state index is 0.201. The summed E-state index contributed by atoms with van der Waals surface area (Å²) in [7, 11) is 0. The van der Waals surface area contributed by atoms with Crippen LogP contribution >= 0.6 is 15.9 Å². The van der Waals surface area contributed by atoms with Crippen LogP contribution in [0.3, 0.4) is 0 Å². The van der Waals surface area contributed by atoms with E-state index in [1.165, 1.54) is 5.56 Å². The summed E-state index contributed by atoms with van der Waals surface area (Å²) in [5.41, 5.74) is 1.09. The molecule has 1 saturated heterocycles. The Morgan fingerprint density at radius 3 is 2.67 bits per heavy atom. The van der Waals surface area contributed by atoms with Gasteiger partial charge in [-0.25, -0.2) is 0 Å². The van der Waals surface area contributed by atoms with Crippen LogP contribution in [0.1, 0.15) is 19.4 Å². The summed E-state index contributed by atoms with van der Waals surface area (Å²) in [5, 5.41) is 3.41. The monoisotopic (exact) mass is 269 g/mol. The molecule has 1 N–H and O–H groups in total. The molecule has 0 saturated carbocycles. The van der Waals surface area contributed by atoms with Crippen molar-refractivity contribution in [2.75, 3.05) is 6.54 Å². The van der Waals surface area contributed by atoms with E-state index in [1.54, 1.807) is 0 Å². The number of hydrogen-bond donors (Lipinski definition) is 1. The number of ether oxygens (including phenoxy) is 1. The maximum absolute atomic E-state index is 5.86. The van der Waals surface area contributed by atoms with Gasteiger partial charge in [0.25, 0.3) is 0 Å². The molecule has 3 heteroatoms. The van der Waals surface area contributed by atoms with Crippen molar-refractivity contribution in [1.82, 2.24) is 5.32 Å². The maximum Gasteiger partial charge on any atom is 0.120 e. The van der Waals surface area contributed by atoms with E-state index >= 15 is 0 Å². The molecule has 2 unspecified atom stereocenters. The van der Waals surface area contributed by atoms with Crippen molar-refractivity contribution in [2.45, 2.75) is 32.1 Å². The number of halogens is 1. The Morgan fingerprint density at radius 1 is 1.47 bits per heavy atom. The molecule has 0 amide bonds. The van der Waals surface area contributed by atoms with Crippen LogP contribution in [0, 0.1) is 0 Å². The molecule has 2 nitrogen and oxygen atoms in total. The number of rotatable bonds is 2. The van der Waals surface area contributed by atoms with Crippen molar-refractivity contribution in [1.29, 1.82) is 0 Å². The molecule has 1 heterocycles. The van der Waals surface area contributed by atoms with Crippen LogP contribution < -0.4 is 5.32 Å². The highest BCUT2D eigenvalue weighted by Gasteiger charge is 2.33. The largest absolute Gasteiger partial charge is 0.356 e. The van der Waals surface area contributed by atoms with E-state index in [1.807, 2.05) is 0 Å². The Hall–Kier alpha value is -0.380. The third-order valence-corrected chi connectivity index (χ3v) is 3.21. The molecule has 1 aromatic rings. The zero-order chi connectivity index (χ0) is 10.9. The van der Waals surface area contributed by atoms with Gasteiger partial charge in [0.1, 0.15) is 5.72 Å². The highest BCUT2D eigenvalue weighted by atomic mass is 79.9. The van der Waals surface area contributed by atoms with Crippen LogP contribution in [-0.4, -0.2) is 18.4 Å². The zero-order valence-electron chi connectivity index (χ0n) is 9.09. The molecular formula is C12H16BrNO. The summed E-state index contributed by atoms with van der Waals surface area (Å²) >= 11 is 3.43. The fraction of sp³-hybridized carbons (Fsp3) is 0.500. The van der Waals surface area contributed by atoms with Crippen LogP contribution in [-0.2, 0) is 11.2 Å². The first kappa shape index (κ1) is 11.1. The third-order valence-electron chi connectivity index (χ3n) is 2.68. The number of hydrogen-bond acceptors (Lipinski definition) is 2. The second kappa shape index (κ2) is 4.24. The maximum atomic E-state index is 5.86. The molecule has 0 spiro atoms. The van der Waals surface area contributed by atoms with Gasteiger partial charge in [-0.2, -0.15) is 0 Å². The smallest absolute Gasteiger partial charge is 0.120 e. The normalized spacial score (nSPS) is 30.7. The fourth-order valence-electron chi connectivity index (χ4n) is 1.98. The SMILES string of the molecule is CC1CNC(C)(Cc2ccc(Br)cc2)O1. The van der Waals surface area contributed by atoms with Crippen LogP contribution in [0.25, 0.3) is 0 Å². The summed E-state index contributed by atoms with van der Waals surface area (Å²) in [4.78, 5) is 0. The first-order valence-electron chi connectivity index (χ1n) is 5.25. The molecule has 0 aromatic heterocycles. The summed E-state index contributed by atoms with van der Waals surface area (Å²) in [5.74, 6) is 0. The Balaban J connectivity index is 2.05. The minimum Gasteiger partial charge on any atom is -0.356 e. The Labute approximate surface area is 99.1 Å². The average Bonchev–Trinajstić information content (AvgIpc) is 2.50. The topological polar surface area (TPSA) is 21.3 Å². The zero-order valence-corrected chi connectivity index (χ0v) is 10.7. The van der Waals surface area contributed by atoms with Crippen molar-refractivity contribution in [2.24, 2.45) is 0 Å². The van der Waals surface area contributed by atoms with E-state index in [0.29, 0.717) is 6.10 Å². The first-order chi connectivity index (χ1) is 7.07. The van der Waals surface area contributed by atoms with Gasteiger partial charge in [0.05, 0.1) is 6.10 Å². The van der Waals surface area contributed by atoms with Gasteiger partial charge in [0, 0.05) is 17.4 Å². The standard InChI is InChI=1S/C12H16BrNO/c1-9-8-14-12(2,15-9)7-10-3-5-11(13)6-4-10/h3-6,9,14H,7-8H2,1-2H3. The number of nitrogens with one attached hydrogen (secondary N) is 1. The van der Waals surface area contributed by atoms with Gasteiger partial charge < -0.3 is 4.74 Å². The Bertz CT molecular complexity index is 338. The molecule has 2 rings (SSSR count). The predicted molar refractivity (Wildman–Crippen MR) is 64.8 cm³/mol. The molecule has 15 heavy (non-hydrogen) atoms. The Morgan fingerprint density at radius 2 is 2.13 bits per heavy atom.